The summed E-state index contributed by atoms with van der Waals surface area (Å²) < 4.78 is 1.44. The van der Waals surface area contributed by atoms with Crippen LogP contribution in [-0.4, -0.2) is 35.0 Å². The molecule has 0 saturated carbocycles. The summed E-state index contributed by atoms with van der Waals surface area (Å²) in [6, 6.07) is 3.04. The molecule has 1 rings (SSSR count). The third-order valence-corrected chi connectivity index (χ3v) is 2.82. The Bertz CT molecular complexity index is 454. The van der Waals surface area contributed by atoms with Gasteiger partial charge in [0.1, 0.15) is 0 Å². The van der Waals surface area contributed by atoms with Crippen LogP contribution < -0.4 is 11.3 Å². The van der Waals surface area contributed by atoms with Crippen LogP contribution >= 0.6 is 0 Å². The maximum atomic E-state index is 12.2. The molecule has 0 bridgehead atoms. The van der Waals surface area contributed by atoms with Crippen LogP contribution in [0.4, 0.5) is 0 Å². The predicted octanol–water partition coefficient (Wildman–Crippen LogP) is 0.586. The molecule has 1 aromatic heterocycles. The lowest BCUT2D eigenvalue weighted by atomic mass is 10.2. The Morgan fingerprint density at radius 3 is 2.72 bits per heavy atom. The summed E-state index contributed by atoms with van der Waals surface area (Å²) in [5, 5.41) is 0. The van der Waals surface area contributed by atoms with Gasteiger partial charge in [0.15, 0.2) is 0 Å². The molecule has 0 saturated heterocycles. The van der Waals surface area contributed by atoms with Crippen LogP contribution in [-0.2, 0) is 7.05 Å². The highest BCUT2D eigenvalue weighted by atomic mass is 16.2. The Labute approximate surface area is 107 Å². The molecule has 1 aromatic rings. The number of carbonyl (C=O) groups is 1. The summed E-state index contributed by atoms with van der Waals surface area (Å²) >= 11 is 0. The van der Waals surface area contributed by atoms with E-state index in [1.807, 2.05) is 0 Å². The number of rotatable bonds is 6. The molecule has 0 aliphatic carbocycles. The largest absolute Gasteiger partial charge is 0.337 e. The number of hydrogen-bond acceptors (Lipinski definition) is 3. The second kappa shape index (κ2) is 6.96. The Balaban J connectivity index is 2.87. The van der Waals surface area contributed by atoms with E-state index in [0.29, 0.717) is 25.2 Å². The second-order valence-electron chi connectivity index (χ2n) is 4.30. The van der Waals surface area contributed by atoms with Gasteiger partial charge in [-0.2, -0.15) is 0 Å². The average Bonchev–Trinajstić information content (AvgIpc) is 2.37. The quantitative estimate of drug-likeness (QED) is 0.804. The van der Waals surface area contributed by atoms with E-state index in [1.54, 1.807) is 24.2 Å². The molecule has 0 atom stereocenters. The standard InChI is InChI=1S/C13H21N3O2/c1-3-4-7-16(9-6-14)13(18)11-5-8-15(2)12(17)10-11/h5,8,10H,3-4,6-7,9,14H2,1-2H3. The van der Waals surface area contributed by atoms with Gasteiger partial charge in [-0.3, -0.25) is 9.59 Å². The molecule has 5 nitrogen and oxygen atoms in total. The average molecular weight is 251 g/mol. The zero-order chi connectivity index (χ0) is 13.5. The highest BCUT2D eigenvalue weighted by Gasteiger charge is 2.15. The smallest absolute Gasteiger partial charge is 0.254 e. The van der Waals surface area contributed by atoms with Crippen molar-refractivity contribution in [3.63, 3.8) is 0 Å². The van der Waals surface area contributed by atoms with Crippen LogP contribution in [0, 0.1) is 0 Å². The molecule has 0 fully saturated rings. The van der Waals surface area contributed by atoms with E-state index in [2.05, 4.69) is 6.92 Å². The minimum Gasteiger partial charge on any atom is -0.337 e. The number of pyridine rings is 1. The molecule has 5 heteroatoms. The van der Waals surface area contributed by atoms with Crippen molar-refractivity contribution in [3.05, 3.63) is 34.2 Å². The predicted molar refractivity (Wildman–Crippen MR) is 71.5 cm³/mol. The highest BCUT2D eigenvalue weighted by Crippen LogP contribution is 2.04. The molecule has 1 amide bonds. The molecule has 0 spiro atoms. The van der Waals surface area contributed by atoms with E-state index in [-0.39, 0.29) is 11.5 Å². The van der Waals surface area contributed by atoms with Crippen molar-refractivity contribution in [2.75, 3.05) is 19.6 Å². The molecule has 0 unspecified atom stereocenters. The van der Waals surface area contributed by atoms with E-state index in [0.717, 1.165) is 12.8 Å². The monoisotopic (exact) mass is 251 g/mol. The number of carbonyl (C=O) groups excluding carboxylic acids is 1. The van der Waals surface area contributed by atoms with Gasteiger partial charge < -0.3 is 15.2 Å². The van der Waals surface area contributed by atoms with Crippen molar-refractivity contribution in [2.45, 2.75) is 19.8 Å². The molecule has 0 aromatic carbocycles. The van der Waals surface area contributed by atoms with Gasteiger partial charge in [0.25, 0.3) is 11.5 Å². The summed E-state index contributed by atoms with van der Waals surface area (Å²) in [6.07, 6.45) is 3.57. The minimum atomic E-state index is -0.177. The fraction of sp³-hybridized carbons (Fsp3) is 0.538. The van der Waals surface area contributed by atoms with Crippen LogP contribution in [0.15, 0.2) is 23.1 Å². The number of aryl methyl sites for hydroxylation is 1. The molecule has 0 aliphatic rings. The molecule has 18 heavy (non-hydrogen) atoms. The molecule has 0 radical (unpaired) electrons. The first-order chi connectivity index (χ1) is 8.60. The number of nitrogens with zero attached hydrogens (tertiary/aromatic N) is 2. The fourth-order valence-electron chi connectivity index (χ4n) is 1.68. The van der Waals surface area contributed by atoms with E-state index < -0.39 is 0 Å². The molecule has 0 aliphatic heterocycles. The van der Waals surface area contributed by atoms with Crippen molar-refractivity contribution in [2.24, 2.45) is 12.8 Å². The molecular formula is C13H21N3O2. The van der Waals surface area contributed by atoms with Gasteiger partial charge in [-0.25, -0.2) is 0 Å². The van der Waals surface area contributed by atoms with E-state index in [4.69, 9.17) is 5.73 Å². The van der Waals surface area contributed by atoms with Crippen molar-refractivity contribution in [3.8, 4) is 0 Å². The van der Waals surface area contributed by atoms with Gasteiger partial charge in [-0.05, 0) is 12.5 Å². The second-order valence-corrected chi connectivity index (χ2v) is 4.30. The maximum absolute atomic E-state index is 12.2. The molecule has 100 valence electrons. The number of aromatic nitrogens is 1. The van der Waals surface area contributed by atoms with Crippen LogP contribution in [0.25, 0.3) is 0 Å². The maximum Gasteiger partial charge on any atom is 0.254 e. The molecule has 2 N–H and O–H groups in total. The van der Waals surface area contributed by atoms with E-state index in [9.17, 15) is 9.59 Å². The van der Waals surface area contributed by atoms with Crippen LogP contribution in [0.3, 0.4) is 0 Å². The summed E-state index contributed by atoms with van der Waals surface area (Å²) in [5.74, 6) is -0.119. The van der Waals surface area contributed by atoms with Crippen molar-refractivity contribution in [1.82, 2.24) is 9.47 Å². The Morgan fingerprint density at radius 1 is 1.44 bits per heavy atom. The van der Waals surface area contributed by atoms with Crippen molar-refractivity contribution in [1.29, 1.82) is 0 Å². The van der Waals surface area contributed by atoms with E-state index in [1.165, 1.54) is 10.6 Å². The summed E-state index contributed by atoms with van der Waals surface area (Å²) in [7, 11) is 1.66. The van der Waals surface area contributed by atoms with Crippen molar-refractivity contribution >= 4 is 5.91 Å². The highest BCUT2D eigenvalue weighted by molar-refractivity contribution is 5.94. The van der Waals surface area contributed by atoms with Crippen molar-refractivity contribution < 1.29 is 4.79 Å². The van der Waals surface area contributed by atoms with Gasteiger partial charge in [0, 0.05) is 44.5 Å². The van der Waals surface area contributed by atoms with Crippen LogP contribution in [0.1, 0.15) is 30.1 Å². The van der Waals surface area contributed by atoms with E-state index >= 15 is 0 Å². The fourth-order valence-corrected chi connectivity index (χ4v) is 1.68. The lowest BCUT2D eigenvalue weighted by Crippen LogP contribution is -2.36. The topological polar surface area (TPSA) is 68.3 Å². The number of amides is 1. The molecule has 1 heterocycles. The first kappa shape index (κ1) is 14.4. The number of unbranched alkanes of at least 4 members (excludes halogenated alkanes) is 1. The zero-order valence-corrected chi connectivity index (χ0v) is 11.1. The van der Waals surface area contributed by atoms with Gasteiger partial charge in [-0.15, -0.1) is 0 Å². The Hall–Kier alpha value is -1.62. The third-order valence-electron chi connectivity index (χ3n) is 2.82. The minimum absolute atomic E-state index is 0.119. The SMILES string of the molecule is CCCCN(CCN)C(=O)c1ccn(C)c(=O)c1. The summed E-state index contributed by atoms with van der Waals surface area (Å²) in [6.45, 7) is 3.71. The number of nitrogens with two attached hydrogens (primary N) is 1. The normalized spacial score (nSPS) is 10.4. The molecular weight excluding hydrogens is 230 g/mol. The van der Waals surface area contributed by atoms with Gasteiger partial charge in [0.05, 0.1) is 0 Å². The third kappa shape index (κ3) is 3.70. The zero-order valence-electron chi connectivity index (χ0n) is 11.1. The lowest BCUT2D eigenvalue weighted by Gasteiger charge is -2.21. The first-order valence-electron chi connectivity index (χ1n) is 6.26. The van der Waals surface area contributed by atoms with Gasteiger partial charge in [-0.1, -0.05) is 13.3 Å². The van der Waals surface area contributed by atoms with Crippen LogP contribution in [0.2, 0.25) is 0 Å². The Morgan fingerprint density at radius 2 is 2.17 bits per heavy atom. The van der Waals surface area contributed by atoms with Gasteiger partial charge >= 0.3 is 0 Å². The van der Waals surface area contributed by atoms with Gasteiger partial charge in [0.2, 0.25) is 0 Å². The Kier molecular flexibility index (Phi) is 5.58. The van der Waals surface area contributed by atoms with Crippen LogP contribution in [0.5, 0.6) is 0 Å². The first-order valence-corrected chi connectivity index (χ1v) is 6.26. The lowest BCUT2D eigenvalue weighted by molar-refractivity contribution is 0.0758. The number of hydrogen-bond donors (Lipinski definition) is 1. The summed E-state index contributed by atoms with van der Waals surface area (Å²) in [5.41, 5.74) is 5.77. The summed E-state index contributed by atoms with van der Waals surface area (Å²) in [4.78, 5) is 25.4.